The summed E-state index contributed by atoms with van der Waals surface area (Å²) in [7, 11) is 0. The second-order valence-electron chi connectivity index (χ2n) is 2.80. The average Bonchev–Trinajstić information content (AvgIpc) is 2.60. The highest BCUT2D eigenvalue weighted by molar-refractivity contribution is 7.18. The molecule has 0 aliphatic carbocycles. The van der Waals surface area contributed by atoms with Crippen molar-refractivity contribution in [2.24, 2.45) is 5.10 Å². The first-order chi connectivity index (χ1) is 6.90. The highest BCUT2D eigenvalue weighted by atomic mass is 32.1. The summed E-state index contributed by atoms with van der Waals surface area (Å²) >= 11 is 1.70. The van der Waals surface area contributed by atoms with Gasteiger partial charge in [0.1, 0.15) is 5.01 Å². The van der Waals surface area contributed by atoms with Crippen molar-refractivity contribution < 1.29 is 0 Å². The summed E-state index contributed by atoms with van der Waals surface area (Å²) in [6.45, 7) is 2.58. The van der Waals surface area contributed by atoms with E-state index in [1.807, 2.05) is 25.1 Å². The van der Waals surface area contributed by atoms with Crippen molar-refractivity contribution in [2.45, 2.75) is 13.5 Å². The normalized spacial score (nSPS) is 11.2. The van der Waals surface area contributed by atoms with Gasteiger partial charge in [-0.05, 0) is 19.1 Å². The van der Waals surface area contributed by atoms with Crippen LogP contribution in [0, 0.1) is 0 Å². The first kappa shape index (κ1) is 9.15. The lowest BCUT2D eigenvalue weighted by atomic mass is 10.3. The summed E-state index contributed by atoms with van der Waals surface area (Å²) in [5.41, 5.74) is 3.99. The van der Waals surface area contributed by atoms with E-state index in [0.717, 1.165) is 10.5 Å². The molecule has 0 radical (unpaired) electrons. The van der Waals surface area contributed by atoms with E-state index in [9.17, 15) is 0 Å². The molecule has 0 unspecified atom stereocenters. The molecule has 14 heavy (non-hydrogen) atoms. The first-order valence-electron chi connectivity index (χ1n) is 4.45. The molecule has 3 nitrogen and oxygen atoms in total. The molecule has 0 saturated heterocycles. The van der Waals surface area contributed by atoms with Gasteiger partial charge in [-0.2, -0.15) is 5.10 Å². The average molecular weight is 205 g/mol. The maximum atomic E-state index is 4.47. The van der Waals surface area contributed by atoms with E-state index in [1.54, 1.807) is 17.6 Å². The minimum atomic E-state index is 0.698. The fourth-order valence-corrected chi connectivity index (χ4v) is 2.10. The summed E-state index contributed by atoms with van der Waals surface area (Å²) < 4.78 is 1.23. The quantitative estimate of drug-likeness (QED) is 0.617. The molecular formula is C10H11N3S. The van der Waals surface area contributed by atoms with Crippen LogP contribution in [0.4, 0.5) is 0 Å². The van der Waals surface area contributed by atoms with Gasteiger partial charge in [-0.1, -0.05) is 12.1 Å². The molecule has 0 bridgehead atoms. The van der Waals surface area contributed by atoms with Crippen molar-refractivity contribution in [2.75, 3.05) is 0 Å². The second kappa shape index (κ2) is 4.19. The van der Waals surface area contributed by atoms with Gasteiger partial charge in [0, 0.05) is 6.21 Å². The molecule has 0 saturated carbocycles. The number of benzene rings is 1. The van der Waals surface area contributed by atoms with Crippen LogP contribution in [0.15, 0.2) is 29.4 Å². The number of hydrazone groups is 1. The Kier molecular flexibility index (Phi) is 2.74. The van der Waals surface area contributed by atoms with E-state index in [1.165, 1.54) is 4.70 Å². The zero-order chi connectivity index (χ0) is 9.80. The number of nitrogens with one attached hydrogen (secondary N) is 1. The third kappa shape index (κ3) is 1.90. The smallest absolute Gasteiger partial charge is 0.115 e. The number of hydrogen-bond donors (Lipinski definition) is 1. The van der Waals surface area contributed by atoms with Crippen molar-refractivity contribution in [1.82, 2.24) is 10.4 Å². The van der Waals surface area contributed by atoms with Crippen LogP contribution >= 0.6 is 11.3 Å². The number of thiazole rings is 1. The van der Waals surface area contributed by atoms with E-state index in [-0.39, 0.29) is 0 Å². The monoisotopic (exact) mass is 205 g/mol. The van der Waals surface area contributed by atoms with Crippen molar-refractivity contribution in [3.8, 4) is 0 Å². The van der Waals surface area contributed by atoms with E-state index in [2.05, 4.69) is 21.6 Å². The minimum absolute atomic E-state index is 0.698. The lowest BCUT2D eigenvalue weighted by Crippen LogP contribution is -2.03. The molecule has 72 valence electrons. The van der Waals surface area contributed by atoms with Crippen LogP contribution in [0.3, 0.4) is 0 Å². The standard InChI is InChI=1S/C10H11N3S/c1-2-11-12-7-10-13-8-5-3-4-6-9(8)14-10/h2-6,12H,7H2,1H3/b11-2-. The zero-order valence-corrected chi connectivity index (χ0v) is 8.71. The molecule has 1 aromatic carbocycles. The topological polar surface area (TPSA) is 37.3 Å². The Hall–Kier alpha value is -1.42. The molecule has 1 heterocycles. The lowest BCUT2D eigenvalue weighted by Gasteiger charge is -1.92. The SMILES string of the molecule is C/C=N\NCc1nc2ccccc2s1. The van der Waals surface area contributed by atoms with Crippen LogP contribution in [-0.4, -0.2) is 11.2 Å². The van der Waals surface area contributed by atoms with Crippen molar-refractivity contribution in [1.29, 1.82) is 0 Å². The van der Waals surface area contributed by atoms with Gasteiger partial charge in [0.25, 0.3) is 0 Å². The van der Waals surface area contributed by atoms with Gasteiger partial charge in [-0.15, -0.1) is 11.3 Å². The molecule has 4 heteroatoms. The van der Waals surface area contributed by atoms with Crippen LogP contribution in [0.2, 0.25) is 0 Å². The summed E-state index contributed by atoms with van der Waals surface area (Å²) in [6, 6.07) is 8.14. The predicted octanol–water partition coefficient (Wildman–Crippen LogP) is 2.39. The molecule has 0 spiro atoms. The maximum Gasteiger partial charge on any atom is 0.115 e. The molecule has 0 atom stereocenters. The van der Waals surface area contributed by atoms with Gasteiger partial charge in [-0.25, -0.2) is 4.98 Å². The predicted molar refractivity (Wildman–Crippen MR) is 60.6 cm³/mol. The van der Waals surface area contributed by atoms with Crippen molar-refractivity contribution >= 4 is 27.8 Å². The Morgan fingerprint density at radius 2 is 2.36 bits per heavy atom. The van der Waals surface area contributed by atoms with Crippen LogP contribution in [-0.2, 0) is 6.54 Å². The van der Waals surface area contributed by atoms with Crippen molar-refractivity contribution in [3.05, 3.63) is 29.3 Å². The molecule has 0 aliphatic rings. The third-order valence-corrected chi connectivity index (χ3v) is 2.83. The second-order valence-corrected chi connectivity index (χ2v) is 3.91. The summed E-state index contributed by atoms with van der Waals surface area (Å²) in [6.07, 6.45) is 1.73. The first-order valence-corrected chi connectivity index (χ1v) is 5.27. The Morgan fingerprint density at radius 3 is 3.14 bits per heavy atom. The van der Waals surface area contributed by atoms with Crippen LogP contribution in [0.1, 0.15) is 11.9 Å². The molecular weight excluding hydrogens is 194 g/mol. The third-order valence-electron chi connectivity index (χ3n) is 1.79. The fraction of sp³-hybridized carbons (Fsp3) is 0.200. The maximum absolute atomic E-state index is 4.47. The van der Waals surface area contributed by atoms with Crippen LogP contribution in [0.25, 0.3) is 10.2 Å². The van der Waals surface area contributed by atoms with Crippen molar-refractivity contribution in [3.63, 3.8) is 0 Å². The Bertz CT molecular complexity index is 414. The highest BCUT2D eigenvalue weighted by Crippen LogP contribution is 2.20. The largest absolute Gasteiger partial charge is 0.304 e. The lowest BCUT2D eigenvalue weighted by molar-refractivity contribution is 0.744. The fourth-order valence-electron chi connectivity index (χ4n) is 1.20. The number of fused-ring (bicyclic) bond motifs is 1. The number of aromatic nitrogens is 1. The van der Waals surface area contributed by atoms with E-state index < -0.39 is 0 Å². The number of hydrogen-bond acceptors (Lipinski definition) is 4. The Labute approximate surface area is 86.5 Å². The molecule has 0 aliphatic heterocycles. The highest BCUT2D eigenvalue weighted by Gasteiger charge is 2.00. The molecule has 0 amide bonds. The summed E-state index contributed by atoms with van der Waals surface area (Å²) in [5, 5.41) is 5.00. The zero-order valence-electron chi connectivity index (χ0n) is 7.90. The Morgan fingerprint density at radius 1 is 1.50 bits per heavy atom. The molecule has 2 aromatic rings. The van der Waals surface area contributed by atoms with E-state index >= 15 is 0 Å². The van der Waals surface area contributed by atoms with E-state index in [0.29, 0.717) is 6.54 Å². The van der Waals surface area contributed by atoms with Gasteiger partial charge in [-0.3, -0.25) is 0 Å². The molecule has 0 fully saturated rings. The molecule has 1 aromatic heterocycles. The number of para-hydroxylation sites is 1. The van der Waals surface area contributed by atoms with Gasteiger partial charge in [0.2, 0.25) is 0 Å². The Balaban J connectivity index is 2.18. The summed E-state index contributed by atoms with van der Waals surface area (Å²) in [4.78, 5) is 4.47. The number of nitrogens with zero attached hydrogens (tertiary/aromatic N) is 2. The minimum Gasteiger partial charge on any atom is -0.304 e. The van der Waals surface area contributed by atoms with Gasteiger partial charge < -0.3 is 5.43 Å². The number of rotatable bonds is 3. The van der Waals surface area contributed by atoms with Crippen LogP contribution < -0.4 is 5.43 Å². The van der Waals surface area contributed by atoms with Crippen LogP contribution in [0.5, 0.6) is 0 Å². The van der Waals surface area contributed by atoms with Gasteiger partial charge in [0.15, 0.2) is 0 Å². The van der Waals surface area contributed by atoms with Gasteiger partial charge in [0.05, 0.1) is 16.8 Å². The van der Waals surface area contributed by atoms with E-state index in [4.69, 9.17) is 0 Å². The molecule has 2 rings (SSSR count). The molecule has 1 N–H and O–H groups in total. The summed E-state index contributed by atoms with van der Waals surface area (Å²) in [5.74, 6) is 0. The van der Waals surface area contributed by atoms with Gasteiger partial charge >= 0.3 is 0 Å².